The fraction of sp³-hybridized carbons (Fsp3) is 0.185. The lowest BCUT2D eigenvalue weighted by Crippen LogP contribution is -2.29. The minimum atomic E-state index is -0.817. The number of rotatable bonds is 7. The Morgan fingerprint density at radius 3 is 2.39 bits per heavy atom. The Bertz CT molecular complexity index is 1200. The Kier molecular flexibility index (Phi) is 6.45. The first-order valence-corrected chi connectivity index (χ1v) is 10.8. The number of ether oxygens (including phenoxy) is 2. The highest BCUT2D eigenvalue weighted by Crippen LogP contribution is 2.42. The van der Waals surface area contributed by atoms with Gasteiger partial charge in [-0.1, -0.05) is 49.4 Å². The van der Waals surface area contributed by atoms with Crippen LogP contribution >= 0.6 is 0 Å². The Labute approximate surface area is 192 Å². The number of amides is 1. The summed E-state index contributed by atoms with van der Waals surface area (Å²) in [5.41, 5.74) is 1.64. The van der Waals surface area contributed by atoms with Crippen molar-refractivity contribution in [3.63, 3.8) is 0 Å². The van der Waals surface area contributed by atoms with Crippen LogP contribution in [0.15, 0.2) is 84.4 Å². The minimum absolute atomic E-state index is 0.0183. The zero-order valence-corrected chi connectivity index (χ0v) is 18.5. The summed E-state index contributed by atoms with van der Waals surface area (Å²) in [5, 5.41) is 11.3. The van der Waals surface area contributed by atoms with E-state index in [2.05, 4.69) is 0 Å². The topological polar surface area (TPSA) is 76.1 Å². The molecule has 1 atom stereocenters. The van der Waals surface area contributed by atoms with Crippen LogP contribution < -0.4 is 14.4 Å². The molecule has 4 rings (SSSR count). The van der Waals surface area contributed by atoms with Gasteiger partial charge in [-0.3, -0.25) is 14.5 Å². The number of methoxy groups -OCH3 is 1. The van der Waals surface area contributed by atoms with Crippen LogP contribution in [0.4, 0.5) is 5.69 Å². The summed E-state index contributed by atoms with van der Waals surface area (Å²) in [7, 11) is 1.55. The van der Waals surface area contributed by atoms with Gasteiger partial charge in [0, 0.05) is 11.3 Å². The molecule has 1 fully saturated rings. The van der Waals surface area contributed by atoms with E-state index in [-0.39, 0.29) is 11.3 Å². The van der Waals surface area contributed by atoms with E-state index in [4.69, 9.17) is 9.47 Å². The van der Waals surface area contributed by atoms with Gasteiger partial charge in [0.2, 0.25) is 0 Å². The lowest BCUT2D eigenvalue weighted by atomic mass is 9.95. The van der Waals surface area contributed by atoms with Gasteiger partial charge in [-0.15, -0.1) is 0 Å². The maximum atomic E-state index is 13.2. The van der Waals surface area contributed by atoms with Crippen LogP contribution in [-0.4, -0.2) is 30.5 Å². The molecule has 168 valence electrons. The molecule has 1 unspecified atom stereocenters. The normalized spacial score (nSPS) is 17.3. The monoisotopic (exact) mass is 443 g/mol. The van der Waals surface area contributed by atoms with Crippen molar-refractivity contribution in [2.45, 2.75) is 19.4 Å². The van der Waals surface area contributed by atoms with E-state index < -0.39 is 17.7 Å². The van der Waals surface area contributed by atoms with Crippen molar-refractivity contribution in [2.75, 3.05) is 18.6 Å². The molecule has 1 N–H and O–H groups in total. The molecule has 1 aliphatic heterocycles. The summed E-state index contributed by atoms with van der Waals surface area (Å²) in [5.74, 6) is -0.531. The summed E-state index contributed by atoms with van der Waals surface area (Å²) in [4.78, 5) is 27.8. The maximum Gasteiger partial charge on any atom is 0.300 e. The highest BCUT2D eigenvalue weighted by Gasteiger charge is 2.47. The first kappa shape index (κ1) is 22.1. The largest absolute Gasteiger partial charge is 0.507 e. The third kappa shape index (κ3) is 4.32. The van der Waals surface area contributed by atoms with Gasteiger partial charge in [0.1, 0.15) is 17.3 Å². The standard InChI is InChI=1S/C27H25NO5/c1-3-15-33-22-14-8-10-19(17-22)25(29)23-24(18-9-7-13-21(16-18)32-2)28(27(31)26(23)30)20-11-5-4-6-12-20/h4-14,16-17,24,29H,3,15H2,1-2H3/b25-23-. The number of Topliss-reactive ketones (excluding diaryl/α,β-unsaturated/α-hetero) is 1. The molecule has 3 aromatic rings. The smallest absolute Gasteiger partial charge is 0.300 e. The molecule has 1 amide bonds. The average Bonchev–Trinajstić information content (AvgIpc) is 3.13. The highest BCUT2D eigenvalue weighted by molar-refractivity contribution is 6.51. The molecule has 0 bridgehead atoms. The van der Waals surface area contributed by atoms with E-state index in [0.29, 0.717) is 34.9 Å². The average molecular weight is 443 g/mol. The van der Waals surface area contributed by atoms with Gasteiger partial charge in [-0.25, -0.2) is 0 Å². The molecular formula is C27H25NO5. The Morgan fingerprint density at radius 1 is 0.939 bits per heavy atom. The number of anilines is 1. The molecule has 0 spiro atoms. The molecule has 0 radical (unpaired) electrons. The van der Waals surface area contributed by atoms with Crippen molar-refractivity contribution in [3.8, 4) is 11.5 Å². The second kappa shape index (κ2) is 9.61. The summed E-state index contributed by atoms with van der Waals surface area (Å²) >= 11 is 0. The number of carbonyl (C=O) groups is 2. The first-order chi connectivity index (χ1) is 16.0. The van der Waals surface area contributed by atoms with Gasteiger partial charge >= 0.3 is 0 Å². The Morgan fingerprint density at radius 2 is 1.67 bits per heavy atom. The van der Waals surface area contributed by atoms with E-state index in [9.17, 15) is 14.7 Å². The van der Waals surface area contributed by atoms with Gasteiger partial charge in [0.15, 0.2) is 0 Å². The van der Waals surface area contributed by atoms with Gasteiger partial charge in [0.05, 0.1) is 25.3 Å². The zero-order chi connectivity index (χ0) is 23.4. The first-order valence-electron chi connectivity index (χ1n) is 10.8. The molecule has 6 nitrogen and oxygen atoms in total. The van der Waals surface area contributed by atoms with E-state index in [1.165, 1.54) is 4.90 Å². The van der Waals surface area contributed by atoms with Crippen LogP contribution in [0, 0.1) is 0 Å². The third-order valence-electron chi connectivity index (χ3n) is 5.47. The molecule has 33 heavy (non-hydrogen) atoms. The lowest BCUT2D eigenvalue weighted by Gasteiger charge is -2.25. The fourth-order valence-corrected chi connectivity index (χ4v) is 3.92. The van der Waals surface area contributed by atoms with E-state index in [1.807, 2.05) is 19.1 Å². The van der Waals surface area contributed by atoms with Gasteiger partial charge in [-0.2, -0.15) is 0 Å². The van der Waals surface area contributed by atoms with Crippen molar-refractivity contribution in [1.29, 1.82) is 0 Å². The van der Waals surface area contributed by atoms with Crippen LogP contribution in [0.5, 0.6) is 11.5 Å². The second-order valence-corrected chi connectivity index (χ2v) is 7.66. The second-order valence-electron chi connectivity index (χ2n) is 7.66. The predicted molar refractivity (Wildman–Crippen MR) is 126 cm³/mol. The predicted octanol–water partition coefficient (Wildman–Crippen LogP) is 5.11. The Balaban J connectivity index is 1.89. The lowest BCUT2D eigenvalue weighted by molar-refractivity contribution is -0.132. The summed E-state index contributed by atoms with van der Waals surface area (Å²) in [6.45, 7) is 2.54. The Hall–Kier alpha value is -4.06. The minimum Gasteiger partial charge on any atom is -0.507 e. The molecule has 1 aliphatic rings. The van der Waals surface area contributed by atoms with Crippen LogP contribution in [0.2, 0.25) is 0 Å². The number of nitrogens with zero attached hydrogens (tertiary/aromatic N) is 1. The number of hydrogen-bond acceptors (Lipinski definition) is 5. The molecule has 0 aliphatic carbocycles. The van der Waals surface area contributed by atoms with E-state index in [1.54, 1.807) is 73.8 Å². The number of aliphatic hydroxyl groups is 1. The molecule has 0 saturated carbocycles. The van der Waals surface area contributed by atoms with Crippen LogP contribution in [0.1, 0.15) is 30.5 Å². The van der Waals surface area contributed by atoms with Gasteiger partial charge < -0.3 is 14.6 Å². The van der Waals surface area contributed by atoms with E-state index >= 15 is 0 Å². The van der Waals surface area contributed by atoms with Gasteiger partial charge in [-0.05, 0) is 48.4 Å². The number of aliphatic hydroxyl groups excluding tert-OH is 1. The number of benzene rings is 3. The summed E-state index contributed by atoms with van der Waals surface area (Å²) in [6, 6.07) is 22.2. The number of ketones is 1. The highest BCUT2D eigenvalue weighted by atomic mass is 16.5. The number of para-hydroxylation sites is 1. The number of carbonyl (C=O) groups excluding carboxylic acids is 2. The third-order valence-corrected chi connectivity index (χ3v) is 5.47. The van der Waals surface area contributed by atoms with Crippen molar-refractivity contribution < 1.29 is 24.2 Å². The molecule has 6 heteroatoms. The molecular weight excluding hydrogens is 418 g/mol. The van der Waals surface area contributed by atoms with Crippen molar-refractivity contribution in [1.82, 2.24) is 0 Å². The molecule has 1 saturated heterocycles. The van der Waals surface area contributed by atoms with Crippen LogP contribution in [-0.2, 0) is 9.59 Å². The molecule has 0 aromatic heterocycles. The van der Waals surface area contributed by atoms with E-state index in [0.717, 1.165) is 6.42 Å². The maximum absolute atomic E-state index is 13.2. The summed E-state index contributed by atoms with van der Waals surface area (Å²) in [6.07, 6.45) is 0.842. The van der Waals surface area contributed by atoms with Crippen molar-refractivity contribution in [3.05, 3.63) is 95.6 Å². The van der Waals surface area contributed by atoms with Crippen molar-refractivity contribution >= 4 is 23.1 Å². The number of hydrogen-bond donors (Lipinski definition) is 1. The van der Waals surface area contributed by atoms with Crippen LogP contribution in [0.3, 0.4) is 0 Å². The van der Waals surface area contributed by atoms with Crippen LogP contribution in [0.25, 0.3) is 5.76 Å². The van der Waals surface area contributed by atoms with Gasteiger partial charge in [0.25, 0.3) is 11.7 Å². The fourth-order valence-electron chi connectivity index (χ4n) is 3.92. The molecule has 1 heterocycles. The molecule has 3 aromatic carbocycles. The summed E-state index contributed by atoms with van der Waals surface area (Å²) < 4.78 is 11.0. The van der Waals surface area contributed by atoms with Crippen molar-refractivity contribution in [2.24, 2.45) is 0 Å². The quantitative estimate of drug-likeness (QED) is 0.312. The SMILES string of the molecule is CCCOc1cccc(/C(O)=C2/C(=O)C(=O)N(c3ccccc3)C2c2cccc(OC)c2)c1. The zero-order valence-electron chi connectivity index (χ0n) is 18.5.